The third kappa shape index (κ3) is 2.65. The first-order chi connectivity index (χ1) is 8.42. The molecule has 0 aromatic heterocycles. The second-order valence-electron chi connectivity index (χ2n) is 3.98. The molecule has 0 aliphatic carbocycles. The van der Waals surface area contributed by atoms with Crippen molar-refractivity contribution in [2.45, 2.75) is 12.3 Å². The average molecular weight is 254 g/mol. The average Bonchev–Trinajstić information content (AvgIpc) is 2.35. The summed E-state index contributed by atoms with van der Waals surface area (Å²) in [5.74, 6) is -1.94. The summed E-state index contributed by atoms with van der Waals surface area (Å²) >= 11 is 0. The maximum atomic E-state index is 12.8. The number of rotatable bonds is 5. The Kier molecular flexibility index (Phi) is 4.38. The van der Waals surface area contributed by atoms with Crippen molar-refractivity contribution in [1.29, 1.82) is 0 Å². The predicted octanol–water partition coefficient (Wildman–Crippen LogP) is -0.323. The van der Waals surface area contributed by atoms with Crippen molar-refractivity contribution in [3.05, 3.63) is 35.6 Å². The fourth-order valence-corrected chi connectivity index (χ4v) is 1.51. The SMILES string of the molecule is C[C@@](C(N)=O)(C(=O)NCCO)c1ccc(F)cc1. The fourth-order valence-electron chi connectivity index (χ4n) is 1.51. The van der Waals surface area contributed by atoms with E-state index in [2.05, 4.69) is 5.32 Å². The normalized spacial score (nSPS) is 13.7. The van der Waals surface area contributed by atoms with Crippen molar-refractivity contribution < 1.29 is 19.1 Å². The largest absolute Gasteiger partial charge is 0.395 e. The van der Waals surface area contributed by atoms with Gasteiger partial charge in [0.15, 0.2) is 0 Å². The molecule has 0 saturated heterocycles. The molecular formula is C12H15FN2O3. The molecule has 1 atom stereocenters. The van der Waals surface area contributed by atoms with Crippen LogP contribution in [0.1, 0.15) is 12.5 Å². The van der Waals surface area contributed by atoms with Gasteiger partial charge in [-0.2, -0.15) is 0 Å². The number of halogens is 1. The van der Waals surface area contributed by atoms with E-state index in [9.17, 15) is 14.0 Å². The van der Waals surface area contributed by atoms with Gasteiger partial charge in [-0.25, -0.2) is 4.39 Å². The van der Waals surface area contributed by atoms with E-state index in [1.54, 1.807) is 0 Å². The summed E-state index contributed by atoms with van der Waals surface area (Å²) in [7, 11) is 0. The Balaban J connectivity index is 3.11. The first-order valence-corrected chi connectivity index (χ1v) is 5.38. The van der Waals surface area contributed by atoms with Crippen LogP contribution in [0.3, 0.4) is 0 Å². The standard InChI is InChI=1S/C12H15FN2O3/c1-12(10(14)17,11(18)15-6-7-16)8-2-4-9(13)5-3-8/h2-5,16H,6-7H2,1H3,(H2,14,17)(H,15,18)/t12-/m1/s1. The Morgan fingerprint density at radius 1 is 1.39 bits per heavy atom. The minimum Gasteiger partial charge on any atom is -0.395 e. The molecule has 2 amide bonds. The van der Waals surface area contributed by atoms with E-state index in [0.717, 1.165) is 12.1 Å². The van der Waals surface area contributed by atoms with E-state index >= 15 is 0 Å². The van der Waals surface area contributed by atoms with E-state index in [-0.39, 0.29) is 13.2 Å². The molecule has 1 aromatic carbocycles. The number of hydrogen-bond donors (Lipinski definition) is 3. The third-order valence-corrected chi connectivity index (χ3v) is 2.77. The quantitative estimate of drug-likeness (QED) is 0.629. The first-order valence-electron chi connectivity index (χ1n) is 5.38. The van der Waals surface area contributed by atoms with Crippen molar-refractivity contribution >= 4 is 11.8 Å². The molecule has 0 aliphatic heterocycles. The van der Waals surface area contributed by atoms with Crippen LogP contribution in [0.15, 0.2) is 24.3 Å². The molecule has 1 rings (SSSR count). The van der Waals surface area contributed by atoms with Crippen molar-refractivity contribution in [2.75, 3.05) is 13.2 Å². The Bertz CT molecular complexity index is 447. The topological polar surface area (TPSA) is 92.4 Å². The molecule has 98 valence electrons. The Morgan fingerprint density at radius 3 is 2.39 bits per heavy atom. The van der Waals surface area contributed by atoms with E-state index < -0.39 is 23.0 Å². The molecule has 0 fully saturated rings. The smallest absolute Gasteiger partial charge is 0.239 e. The highest BCUT2D eigenvalue weighted by atomic mass is 19.1. The van der Waals surface area contributed by atoms with Crippen LogP contribution in [0.5, 0.6) is 0 Å². The summed E-state index contributed by atoms with van der Waals surface area (Å²) in [5, 5.41) is 11.0. The van der Waals surface area contributed by atoms with Gasteiger partial charge in [-0.05, 0) is 24.6 Å². The second kappa shape index (κ2) is 5.59. The number of amides is 2. The van der Waals surface area contributed by atoms with Gasteiger partial charge >= 0.3 is 0 Å². The zero-order valence-corrected chi connectivity index (χ0v) is 9.94. The van der Waals surface area contributed by atoms with Crippen molar-refractivity contribution in [3.8, 4) is 0 Å². The molecule has 0 heterocycles. The molecule has 0 radical (unpaired) electrons. The zero-order valence-electron chi connectivity index (χ0n) is 9.94. The Hall–Kier alpha value is -1.95. The van der Waals surface area contributed by atoms with Crippen molar-refractivity contribution in [2.24, 2.45) is 5.73 Å². The maximum absolute atomic E-state index is 12.8. The van der Waals surface area contributed by atoms with Gasteiger partial charge < -0.3 is 16.2 Å². The van der Waals surface area contributed by atoms with Crippen LogP contribution in [0.2, 0.25) is 0 Å². The number of carbonyl (C=O) groups excluding carboxylic acids is 2. The van der Waals surface area contributed by atoms with Gasteiger partial charge in [0.05, 0.1) is 6.61 Å². The molecular weight excluding hydrogens is 239 g/mol. The van der Waals surface area contributed by atoms with E-state index in [1.165, 1.54) is 19.1 Å². The highest BCUT2D eigenvalue weighted by Gasteiger charge is 2.41. The molecule has 0 unspecified atom stereocenters. The van der Waals surface area contributed by atoms with E-state index in [0.29, 0.717) is 5.56 Å². The minimum absolute atomic E-state index is 0.0168. The summed E-state index contributed by atoms with van der Waals surface area (Å²) in [4.78, 5) is 23.5. The molecule has 0 bridgehead atoms. The number of hydrogen-bond acceptors (Lipinski definition) is 3. The van der Waals surface area contributed by atoms with Crippen LogP contribution in [-0.4, -0.2) is 30.1 Å². The van der Waals surface area contributed by atoms with Crippen LogP contribution in [0, 0.1) is 5.82 Å². The summed E-state index contributed by atoms with van der Waals surface area (Å²) in [6.07, 6.45) is 0. The number of nitrogens with one attached hydrogen (secondary N) is 1. The number of aliphatic hydroxyl groups excluding tert-OH is 1. The summed E-state index contributed by atoms with van der Waals surface area (Å²) < 4.78 is 12.8. The number of benzene rings is 1. The lowest BCUT2D eigenvalue weighted by Gasteiger charge is -2.25. The zero-order chi connectivity index (χ0) is 13.8. The Labute approximate surface area is 104 Å². The number of nitrogens with two attached hydrogens (primary N) is 1. The Morgan fingerprint density at radius 2 is 1.94 bits per heavy atom. The number of aliphatic hydroxyl groups is 1. The number of carbonyl (C=O) groups is 2. The summed E-state index contributed by atoms with van der Waals surface area (Å²) in [6.45, 7) is 1.13. The fraction of sp³-hybridized carbons (Fsp3) is 0.333. The van der Waals surface area contributed by atoms with Gasteiger partial charge in [0, 0.05) is 6.54 Å². The molecule has 6 heteroatoms. The maximum Gasteiger partial charge on any atom is 0.239 e. The second-order valence-corrected chi connectivity index (χ2v) is 3.98. The monoisotopic (exact) mass is 254 g/mol. The van der Waals surface area contributed by atoms with E-state index in [4.69, 9.17) is 10.8 Å². The van der Waals surface area contributed by atoms with Crippen LogP contribution in [0.4, 0.5) is 4.39 Å². The highest BCUT2D eigenvalue weighted by Crippen LogP contribution is 2.24. The lowest BCUT2D eigenvalue weighted by Crippen LogP contribution is -2.51. The first kappa shape index (κ1) is 14.1. The molecule has 18 heavy (non-hydrogen) atoms. The van der Waals surface area contributed by atoms with Gasteiger partial charge in [0.2, 0.25) is 11.8 Å². The highest BCUT2D eigenvalue weighted by molar-refractivity contribution is 6.09. The molecule has 5 nitrogen and oxygen atoms in total. The van der Waals surface area contributed by atoms with Crippen molar-refractivity contribution in [3.63, 3.8) is 0 Å². The summed E-state index contributed by atoms with van der Waals surface area (Å²) in [6, 6.07) is 4.96. The van der Waals surface area contributed by atoms with Gasteiger partial charge in [-0.1, -0.05) is 12.1 Å². The van der Waals surface area contributed by atoms with Crippen LogP contribution < -0.4 is 11.1 Å². The molecule has 0 aliphatic rings. The van der Waals surface area contributed by atoms with Crippen LogP contribution >= 0.6 is 0 Å². The molecule has 0 spiro atoms. The number of primary amides is 1. The lowest BCUT2D eigenvalue weighted by atomic mass is 9.80. The third-order valence-electron chi connectivity index (χ3n) is 2.77. The molecule has 1 aromatic rings. The van der Waals surface area contributed by atoms with Gasteiger partial charge in [-0.15, -0.1) is 0 Å². The van der Waals surface area contributed by atoms with Crippen LogP contribution in [-0.2, 0) is 15.0 Å². The minimum atomic E-state index is -1.59. The van der Waals surface area contributed by atoms with E-state index in [1.807, 2.05) is 0 Å². The molecule has 4 N–H and O–H groups in total. The van der Waals surface area contributed by atoms with Gasteiger partial charge in [0.25, 0.3) is 0 Å². The predicted molar refractivity (Wildman–Crippen MR) is 63.0 cm³/mol. The van der Waals surface area contributed by atoms with Crippen LogP contribution in [0.25, 0.3) is 0 Å². The van der Waals surface area contributed by atoms with Gasteiger partial charge in [0.1, 0.15) is 11.2 Å². The summed E-state index contributed by atoms with van der Waals surface area (Å²) in [5.41, 5.74) is 3.96. The lowest BCUT2D eigenvalue weighted by molar-refractivity contribution is -0.135. The van der Waals surface area contributed by atoms with Crippen molar-refractivity contribution in [1.82, 2.24) is 5.32 Å². The van der Waals surface area contributed by atoms with Gasteiger partial charge in [-0.3, -0.25) is 9.59 Å². The molecule has 0 saturated carbocycles.